The molecule has 8 nitrogen and oxygen atoms in total. The standard InChI is InChI=1S/C23H30F3N7O/c1-31-12-14-33(15-13-31)22-29-20(27)28-21(30-22)32-10-8-17(9-11-32)19(34)7-6-16-4-2-3-5-18(16)23(24,25)26/h2-5,17H,6-15H2,1H3,(H2,27,28,29,30). The largest absolute Gasteiger partial charge is 0.416 e. The van der Waals surface area contributed by atoms with E-state index in [9.17, 15) is 18.0 Å². The first-order valence-corrected chi connectivity index (χ1v) is 11.6. The molecule has 0 amide bonds. The highest BCUT2D eigenvalue weighted by molar-refractivity contribution is 5.81. The lowest BCUT2D eigenvalue weighted by Crippen LogP contribution is -2.45. The van der Waals surface area contributed by atoms with Crippen LogP contribution in [0.15, 0.2) is 24.3 Å². The highest BCUT2D eigenvalue weighted by Crippen LogP contribution is 2.33. The maximum absolute atomic E-state index is 13.2. The number of alkyl halides is 3. The summed E-state index contributed by atoms with van der Waals surface area (Å²) in [7, 11) is 2.07. The number of nitrogen functional groups attached to an aromatic ring is 1. The number of nitrogens with two attached hydrogens (primary N) is 1. The van der Waals surface area contributed by atoms with Crippen LogP contribution in [0.25, 0.3) is 0 Å². The summed E-state index contributed by atoms with van der Waals surface area (Å²) in [4.78, 5) is 32.3. The van der Waals surface area contributed by atoms with E-state index in [4.69, 9.17) is 5.73 Å². The van der Waals surface area contributed by atoms with Gasteiger partial charge in [0.05, 0.1) is 5.56 Å². The summed E-state index contributed by atoms with van der Waals surface area (Å²) in [5.41, 5.74) is 5.45. The highest BCUT2D eigenvalue weighted by Gasteiger charge is 2.33. The third-order valence-electron chi connectivity index (χ3n) is 6.61. The van der Waals surface area contributed by atoms with E-state index in [1.165, 1.54) is 12.1 Å². The number of piperidine rings is 1. The van der Waals surface area contributed by atoms with E-state index < -0.39 is 11.7 Å². The van der Waals surface area contributed by atoms with Gasteiger partial charge in [0.15, 0.2) is 0 Å². The number of piperazine rings is 1. The number of likely N-dealkylation sites (N-methyl/N-ethyl adjacent to an activating group) is 1. The van der Waals surface area contributed by atoms with Gasteiger partial charge in [0.25, 0.3) is 0 Å². The minimum Gasteiger partial charge on any atom is -0.368 e. The maximum Gasteiger partial charge on any atom is 0.416 e. The number of aryl methyl sites for hydroxylation is 1. The van der Waals surface area contributed by atoms with Crippen molar-refractivity contribution in [2.75, 3.05) is 61.8 Å². The van der Waals surface area contributed by atoms with Gasteiger partial charge in [-0.25, -0.2) is 0 Å². The molecule has 2 fully saturated rings. The Morgan fingerprint density at radius 1 is 0.971 bits per heavy atom. The van der Waals surface area contributed by atoms with Crippen molar-refractivity contribution >= 4 is 23.6 Å². The molecule has 2 N–H and O–H groups in total. The van der Waals surface area contributed by atoms with E-state index in [-0.39, 0.29) is 36.1 Å². The molecule has 3 heterocycles. The van der Waals surface area contributed by atoms with Crippen LogP contribution >= 0.6 is 0 Å². The molecule has 0 saturated carbocycles. The zero-order valence-corrected chi connectivity index (χ0v) is 19.3. The quantitative estimate of drug-likeness (QED) is 0.679. The van der Waals surface area contributed by atoms with Crippen LogP contribution in [-0.2, 0) is 17.4 Å². The second kappa shape index (κ2) is 10.1. The monoisotopic (exact) mass is 477 g/mol. The number of Topliss-reactive ketones (excluding diaryl/α,β-unsaturated/α-hetero) is 1. The number of rotatable bonds is 6. The number of carbonyl (C=O) groups is 1. The molecule has 1 aromatic heterocycles. The first-order valence-electron chi connectivity index (χ1n) is 11.6. The van der Waals surface area contributed by atoms with E-state index in [2.05, 4.69) is 31.8 Å². The topological polar surface area (TPSA) is 91.5 Å². The molecular weight excluding hydrogens is 447 g/mol. The number of carbonyl (C=O) groups excluding carboxylic acids is 1. The van der Waals surface area contributed by atoms with Gasteiger partial charge in [0.2, 0.25) is 17.8 Å². The van der Waals surface area contributed by atoms with Crippen molar-refractivity contribution in [2.45, 2.75) is 31.9 Å². The number of nitrogens with zero attached hydrogens (tertiary/aromatic N) is 6. The summed E-state index contributed by atoms with van der Waals surface area (Å²) >= 11 is 0. The van der Waals surface area contributed by atoms with E-state index in [1.807, 2.05) is 4.90 Å². The normalized spacial score (nSPS) is 18.4. The minimum absolute atomic E-state index is 0.00455. The van der Waals surface area contributed by atoms with E-state index in [0.717, 1.165) is 32.2 Å². The van der Waals surface area contributed by atoms with Crippen LogP contribution in [0, 0.1) is 5.92 Å². The third-order valence-corrected chi connectivity index (χ3v) is 6.61. The summed E-state index contributed by atoms with van der Waals surface area (Å²) in [6.45, 7) is 4.63. The molecule has 2 saturated heterocycles. The molecule has 4 rings (SSSR count). The van der Waals surface area contributed by atoms with Gasteiger partial charge >= 0.3 is 6.18 Å². The van der Waals surface area contributed by atoms with Crippen molar-refractivity contribution in [1.82, 2.24) is 19.9 Å². The van der Waals surface area contributed by atoms with Gasteiger partial charge in [0.1, 0.15) is 5.78 Å². The molecule has 2 aromatic rings. The Morgan fingerprint density at radius 3 is 2.18 bits per heavy atom. The van der Waals surface area contributed by atoms with Crippen LogP contribution in [0.4, 0.5) is 31.0 Å². The van der Waals surface area contributed by atoms with Gasteiger partial charge in [-0.3, -0.25) is 4.79 Å². The average Bonchev–Trinajstić information content (AvgIpc) is 2.82. The van der Waals surface area contributed by atoms with Crippen molar-refractivity contribution < 1.29 is 18.0 Å². The van der Waals surface area contributed by atoms with Crippen molar-refractivity contribution in [3.63, 3.8) is 0 Å². The van der Waals surface area contributed by atoms with Crippen LogP contribution in [0.5, 0.6) is 0 Å². The molecule has 1 aromatic carbocycles. The number of benzene rings is 1. The average molecular weight is 478 g/mol. The van der Waals surface area contributed by atoms with Crippen molar-refractivity contribution in [2.24, 2.45) is 5.92 Å². The fraction of sp³-hybridized carbons (Fsp3) is 0.565. The first kappa shape index (κ1) is 24.2. The zero-order valence-electron chi connectivity index (χ0n) is 19.3. The van der Waals surface area contributed by atoms with Crippen LogP contribution in [0.3, 0.4) is 0 Å². The molecule has 2 aliphatic heterocycles. The lowest BCUT2D eigenvalue weighted by atomic mass is 9.89. The summed E-state index contributed by atoms with van der Waals surface area (Å²) < 4.78 is 39.6. The van der Waals surface area contributed by atoms with Crippen LogP contribution in [-0.4, -0.2) is 72.0 Å². The number of hydrogen-bond acceptors (Lipinski definition) is 8. The van der Waals surface area contributed by atoms with Crippen LogP contribution < -0.4 is 15.5 Å². The smallest absolute Gasteiger partial charge is 0.368 e. The Labute approximate surface area is 197 Å². The molecule has 0 radical (unpaired) electrons. The Hall–Kier alpha value is -2.95. The van der Waals surface area contributed by atoms with Gasteiger partial charge in [-0.05, 0) is 37.9 Å². The Morgan fingerprint density at radius 2 is 1.56 bits per heavy atom. The predicted molar refractivity (Wildman–Crippen MR) is 124 cm³/mol. The maximum atomic E-state index is 13.2. The van der Waals surface area contributed by atoms with Gasteiger partial charge in [-0.1, -0.05) is 18.2 Å². The summed E-state index contributed by atoms with van der Waals surface area (Å²) in [5, 5.41) is 0. The fourth-order valence-electron chi connectivity index (χ4n) is 4.54. The van der Waals surface area contributed by atoms with E-state index >= 15 is 0 Å². The van der Waals surface area contributed by atoms with Crippen molar-refractivity contribution in [1.29, 1.82) is 0 Å². The highest BCUT2D eigenvalue weighted by atomic mass is 19.4. The van der Waals surface area contributed by atoms with Gasteiger partial charge < -0.3 is 20.4 Å². The molecule has 11 heteroatoms. The number of halogens is 3. The first-order chi connectivity index (χ1) is 16.2. The Kier molecular flexibility index (Phi) is 7.20. The second-order valence-electron chi connectivity index (χ2n) is 8.97. The Bertz CT molecular complexity index is 1000. The second-order valence-corrected chi connectivity index (χ2v) is 8.97. The molecule has 2 aliphatic rings. The molecule has 0 atom stereocenters. The molecule has 184 valence electrons. The Balaban J connectivity index is 1.33. The minimum atomic E-state index is -4.42. The van der Waals surface area contributed by atoms with Crippen LogP contribution in [0.2, 0.25) is 0 Å². The summed E-state index contributed by atoms with van der Waals surface area (Å²) in [6, 6.07) is 5.45. The summed E-state index contributed by atoms with van der Waals surface area (Å²) in [5.74, 6) is 1.07. The van der Waals surface area contributed by atoms with Crippen molar-refractivity contribution in [3.05, 3.63) is 35.4 Å². The zero-order chi connectivity index (χ0) is 24.3. The van der Waals surface area contributed by atoms with Crippen LogP contribution in [0.1, 0.15) is 30.4 Å². The SMILES string of the molecule is CN1CCN(c2nc(N)nc(N3CCC(C(=O)CCc4ccccc4C(F)(F)F)CC3)n2)CC1. The molecule has 0 bridgehead atoms. The molecular formula is C23H30F3N7O. The number of aromatic nitrogens is 3. The van der Waals surface area contributed by atoms with Crippen molar-refractivity contribution in [3.8, 4) is 0 Å². The number of ketones is 1. The third kappa shape index (κ3) is 5.75. The molecule has 0 aliphatic carbocycles. The predicted octanol–water partition coefficient (Wildman–Crippen LogP) is 2.64. The van der Waals surface area contributed by atoms with Gasteiger partial charge in [-0.15, -0.1) is 0 Å². The van der Waals surface area contributed by atoms with E-state index in [1.54, 1.807) is 6.07 Å². The van der Waals surface area contributed by atoms with Gasteiger partial charge in [0, 0.05) is 51.6 Å². The van der Waals surface area contributed by atoms with Gasteiger partial charge in [-0.2, -0.15) is 28.1 Å². The summed E-state index contributed by atoms with van der Waals surface area (Å²) in [6.07, 6.45) is -3.01. The molecule has 0 spiro atoms. The van der Waals surface area contributed by atoms with E-state index in [0.29, 0.717) is 37.8 Å². The lowest BCUT2D eigenvalue weighted by molar-refractivity contribution is -0.138. The lowest BCUT2D eigenvalue weighted by Gasteiger charge is -2.34. The molecule has 0 unspecified atom stereocenters. The fourth-order valence-corrected chi connectivity index (χ4v) is 4.54. The molecule has 34 heavy (non-hydrogen) atoms. The number of anilines is 3. The number of hydrogen-bond donors (Lipinski definition) is 1.